The van der Waals surface area contributed by atoms with Crippen molar-refractivity contribution >= 4 is 11.9 Å². The Balaban J connectivity index is 1.98. The van der Waals surface area contributed by atoms with Gasteiger partial charge in [-0.15, -0.1) is 10.2 Å². The van der Waals surface area contributed by atoms with Crippen LogP contribution in [-0.2, 0) is 19.1 Å². The van der Waals surface area contributed by atoms with Crippen LogP contribution in [0.4, 0.5) is 0 Å². The van der Waals surface area contributed by atoms with E-state index in [9.17, 15) is 14.7 Å². The lowest BCUT2D eigenvalue weighted by atomic mass is 9.80. The van der Waals surface area contributed by atoms with Crippen molar-refractivity contribution in [1.82, 2.24) is 15.5 Å². The predicted molar refractivity (Wildman–Crippen MR) is 124 cm³/mol. The number of nitrogens with zero attached hydrogens (tertiary/aromatic N) is 2. The van der Waals surface area contributed by atoms with Crippen molar-refractivity contribution in [2.24, 2.45) is 5.92 Å². The molecule has 0 radical (unpaired) electrons. The summed E-state index contributed by atoms with van der Waals surface area (Å²) >= 11 is 0. The Hall–Kier alpha value is -3.46. The standard InChI is InChI=1S/C25H31N3O6/c1-6-10-32-19(14(2)3)12-33-25(31)21-16(5)27-15(4)20(24(29)30)22(21)17-8-7-9-18(11-17)23-28-26-13-34-23/h7-9,11,13-14,19,22,27H,6,10,12H2,1-5H3,(H,29,30). The molecule has 9 nitrogen and oxygen atoms in total. The summed E-state index contributed by atoms with van der Waals surface area (Å²) in [6.07, 6.45) is 1.82. The normalized spacial score (nSPS) is 17.1. The monoisotopic (exact) mass is 469 g/mol. The molecule has 2 atom stereocenters. The first-order chi connectivity index (χ1) is 16.2. The van der Waals surface area contributed by atoms with E-state index < -0.39 is 17.9 Å². The molecule has 0 aliphatic carbocycles. The van der Waals surface area contributed by atoms with Gasteiger partial charge in [0.2, 0.25) is 12.3 Å². The number of hydrogen-bond donors (Lipinski definition) is 2. The van der Waals surface area contributed by atoms with Crippen molar-refractivity contribution in [3.8, 4) is 11.5 Å². The Morgan fingerprint density at radius 3 is 2.56 bits per heavy atom. The van der Waals surface area contributed by atoms with Crippen LogP contribution in [0.2, 0.25) is 0 Å². The van der Waals surface area contributed by atoms with Gasteiger partial charge < -0.3 is 24.3 Å². The number of dihydropyridines is 1. The van der Waals surface area contributed by atoms with E-state index in [0.717, 1.165) is 6.42 Å². The lowest BCUT2D eigenvalue weighted by Crippen LogP contribution is -2.34. The Morgan fingerprint density at radius 2 is 1.94 bits per heavy atom. The number of aliphatic carboxylic acids is 1. The summed E-state index contributed by atoms with van der Waals surface area (Å²) in [6, 6.07) is 7.06. The number of benzene rings is 1. The van der Waals surface area contributed by atoms with Crippen LogP contribution in [0.3, 0.4) is 0 Å². The molecule has 34 heavy (non-hydrogen) atoms. The van der Waals surface area contributed by atoms with Gasteiger partial charge in [-0.2, -0.15) is 0 Å². The lowest BCUT2D eigenvalue weighted by Gasteiger charge is -2.30. The third-order valence-electron chi connectivity index (χ3n) is 5.70. The molecule has 3 rings (SSSR count). The zero-order valence-corrected chi connectivity index (χ0v) is 20.1. The summed E-state index contributed by atoms with van der Waals surface area (Å²) in [7, 11) is 0. The molecule has 1 aliphatic heterocycles. The van der Waals surface area contributed by atoms with Gasteiger partial charge in [0.25, 0.3) is 0 Å². The van der Waals surface area contributed by atoms with Crippen LogP contribution in [0, 0.1) is 5.92 Å². The van der Waals surface area contributed by atoms with E-state index >= 15 is 0 Å². The van der Waals surface area contributed by atoms with Crippen molar-refractivity contribution in [3.63, 3.8) is 0 Å². The maximum Gasteiger partial charge on any atom is 0.336 e. The van der Waals surface area contributed by atoms with Crippen molar-refractivity contribution in [2.45, 2.75) is 53.1 Å². The fourth-order valence-electron chi connectivity index (χ4n) is 3.97. The molecule has 182 valence electrons. The molecule has 9 heteroatoms. The second kappa shape index (κ2) is 11.1. The first-order valence-electron chi connectivity index (χ1n) is 11.3. The van der Waals surface area contributed by atoms with Crippen LogP contribution in [0.1, 0.15) is 52.5 Å². The van der Waals surface area contributed by atoms with E-state index in [1.165, 1.54) is 6.39 Å². The van der Waals surface area contributed by atoms with Crippen molar-refractivity contribution in [3.05, 3.63) is 58.8 Å². The summed E-state index contributed by atoms with van der Waals surface area (Å²) in [5.74, 6) is -2.11. The average molecular weight is 470 g/mol. The Labute approximate surface area is 198 Å². The minimum absolute atomic E-state index is 0.0721. The minimum Gasteiger partial charge on any atom is -0.478 e. The topological polar surface area (TPSA) is 124 Å². The van der Waals surface area contributed by atoms with Crippen LogP contribution in [0.25, 0.3) is 11.5 Å². The van der Waals surface area contributed by atoms with Crippen molar-refractivity contribution in [1.29, 1.82) is 0 Å². The number of carboxylic acid groups (broad SMARTS) is 1. The number of carbonyl (C=O) groups is 2. The molecule has 0 amide bonds. The zero-order chi connectivity index (χ0) is 24.8. The molecule has 0 saturated carbocycles. The van der Waals surface area contributed by atoms with Gasteiger partial charge in [-0.3, -0.25) is 0 Å². The molecule has 0 fully saturated rings. The molecule has 2 aromatic rings. The van der Waals surface area contributed by atoms with Gasteiger partial charge in [0.15, 0.2) is 0 Å². The molecular weight excluding hydrogens is 438 g/mol. The van der Waals surface area contributed by atoms with Crippen LogP contribution < -0.4 is 5.32 Å². The van der Waals surface area contributed by atoms with Crippen LogP contribution in [0.15, 0.2) is 57.6 Å². The summed E-state index contributed by atoms with van der Waals surface area (Å²) in [4.78, 5) is 25.6. The average Bonchev–Trinajstić information content (AvgIpc) is 3.33. The van der Waals surface area contributed by atoms with Crippen LogP contribution in [0.5, 0.6) is 0 Å². The number of esters is 1. The van der Waals surface area contributed by atoms with Gasteiger partial charge in [-0.25, -0.2) is 9.59 Å². The largest absolute Gasteiger partial charge is 0.478 e. The smallest absolute Gasteiger partial charge is 0.336 e. The van der Waals surface area contributed by atoms with E-state index in [4.69, 9.17) is 13.9 Å². The highest BCUT2D eigenvalue weighted by molar-refractivity contribution is 5.99. The number of aromatic nitrogens is 2. The summed E-state index contributed by atoms with van der Waals surface area (Å²) in [6.45, 7) is 10.1. The molecule has 0 saturated heterocycles. The second-order valence-corrected chi connectivity index (χ2v) is 8.56. The predicted octanol–water partition coefficient (Wildman–Crippen LogP) is 4.05. The summed E-state index contributed by atoms with van der Waals surface area (Å²) < 4.78 is 16.8. The van der Waals surface area contributed by atoms with E-state index in [2.05, 4.69) is 15.5 Å². The number of carboxylic acids is 1. The van der Waals surface area contributed by atoms with Gasteiger partial charge in [-0.05, 0) is 43.9 Å². The number of hydrogen-bond acceptors (Lipinski definition) is 8. The maximum atomic E-state index is 13.3. The zero-order valence-electron chi connectivity index (χ0n) is 20.1. The fourth-order valence-corrected chi connectivity index (χ4v) is 3.97. The molecular formula is C25H31N3O6. The van der Waals surface area contributed by atoms with Crippen molar-refractivity contribution in [2.75, 3.05) is 13.2 Å². The minimum atomic E-state index is -1.12. The number of allylic oxidation sites excluding steroid dienone is 2. The molecule has 0 bridgehead atoms. The SMILES string of the molecule is CCCOC(COC(=O)C1=C(C)NC(C)=C(C(=O)O)C1c1cccc(-c2nnco2)c1)C(C)C. The van der Waals surface area contributed by atoms with Gasteiger partial charge in [0, 0.05) is 23.6 Å². The highest BCUT2D eigenvalue weighted by atomic mass is 16.6. The first kappa shape index (κ1) is 25.2. The molecule has 1 aromatic carbocycles. The van der Waals surface area contributed by atoms with Crippen LogP contribution in [-0.4, -0.2) is 46.6 Å². The van der Waals surface area contributed by atoms with E-state index in [0.29, 0.717) is 35.0 Å². The highest BCUT2D eigenvalue weighted by Gasteiger charge is 2.37. The Kier molecular flexibility index (Phi) is 8.22. The second-order valence-electron chi connectivity index (χ2n) is 8.56. The highest BCUT2D eigenvalue weighted by Crippen LogP contribution is 2.39. The van der Waals surface area contributed by atoms with Crippen molar-refractivity contribution < 1.29 is 28.6 Å². The molecule has 2 heterocycles. The molecule has 0 spiro atoms. The maximum absolute atomic E-state index is 13.3. The third-order valence-corrected chi connectivity index (χ3v) is 5.70. The van der Waals surface area contributed by atoms with Gasteiger partial charge >= 0.3 is 11.9 Å². The Bertz CT molecular complexity index is 1090. The van der Waals surface area contributed by atoms with E-state index in [-0.39, 0.29) is 29.8 Å². The Morgan fingerprint density at radius 1 is 1.21 bits per heavy atom. The summed E-state index contributed by atoms with van der Waals surface area (Å²) in [5, 5.41) is 20.7. The molecule has 1 aromatic heterocycles. The van der Waals surface area contributed by atoms with E-state index in [1.54, 1.807) is 38.1 Å². The molecule has 1 aliphatic rings. The third kappa shape index (κ3) is 5.53. The number of ether oxygens (including phenoxy) is 2. The number of carbonyl (C=O) groups excluding carboxylic acids is 1. The van der Waals surface area contributed by atoms with Gasteiger partial charge in [-0.1, -0.05) is 32.9 Å². The quantitative estimate of drug-likeness (QED) is 0.496. The fraction of sp³-hybridized carbons (Fsp3) is 0.440. The van der Waals surface area contributed by atoms with Crippen LogP contribution >= 0.6 is 0 Å². The first-order valence-corrected chi connectivity index (χ1v) is 11.3. The van der Waals surface area contributed by atoms with E-state index in [1.807, 2.05) is 20.8 Å². The summed E-state index contributed by atoms with van der Waals surface area (Å²) in [5.41, 5.74) is 2.53. The molecule has 2 N–H and O–H groups in total. The molecule has 2 unspecified atom stereocenters. The van der Waals surface area contributed by atoms with Gasteiger partial charge in [0.1, 0.15) is 6.61 Å². The lowest BCUT2D eigenvalue weighted by molar-refractivity contribution is -0.145. The van der Waals surface area contributed by atoms with Gasteiger partial charge in [0.05, 0.1) is 23.2 Å². The number of nitrogens with one attached hydrogen (secondary N) is 1. The number of rotatable bonds is 10.